The number of hydrazone groups is 1. The van der Waals surface area contributed by atoms with E-state index in [-0.39, 0.29) is 11.7 Å². The maximum atomic E-state index is 12.5. The summed E-state index contributed by atoms with van der Waals surface area (Å²) in [6.45, 7) is 0.626. The second-order valence-electron chi connectivity index (χ2n) is 8.17. The predicted octanol–water partition coefficient (Wildman–Crippen LogP) is 6.77. The van der Waals surface area contributed by atoms with E-state index < -0.39 is 0 Å². The maximum absolute atomic E-state index is 12.5. The highest BCUT2D eigenvalue weighted by molar-refractivity contribution is 7.99. The molecule has 0 bridgehead atoms. The number of halogens is 1. The topological polar surface area (TPSA) is 68.5 Å². The number of benzene rings is 4. The summed E-state index contributed by atoms with van der Waals surface area (Å²) in [5, 5.41) is 5.57. The molecule has 0 radical (unpaired) electrons. The summed E-state index contributed by atoms with van der Waals surface area (Å²) in [5.74, 6) is 1.40. The Kier molecular flexibility index (Phi) is 7.84. The van der Waals surface area contributed by atoms with Gasteiger partial charge in [-0.2, -0.15) is 5.10 Å². The summed E-state index contributed by atoms with van der Waals surface area (Å²) in [4.78, 5) is 17.3. The van der Waals surface area contributed by atoms with Crippen LogP contribution in [0.25, 0.3) is 11.0 Å². The summed E-state index contributed by atoms with van der Waals surface area (Å²) < 4.78 is 7.96. The number of hydrogen-bond donors (Lipinski definition) is 1. The predicted molar refractivity (Wildman–Crippen MR) is 150 cm³/mol. The highest BCUT2D eigenvalue weighted by Gasteiger charge is 2.13. The second kappa shape index (κ2) is 11.8. The fourth-order valence-corrected chi connectivity index (χ4v) is 4.65. The Morgan fingerprint density at radius 2 is 1.70 bits per heavy atom. The molecule has 0 aliphatic heterocycles. The van der Waals surface area contributed by atoms with Gasteiger partial charge in [0.2, 0.25) is 0 Å². The molecule has 0 unspecified atom stereocenters. The first-order chi connectivity index (χ1) is 18.1. The average molecular weight is 527 g/mol. The van der Waals surface area contributed by atoms with Crippen molar-refractivity contribution in [2.24, 2.45) is 5.10 Å². The van der Waals surface area contributed by atoms with Gasteiger partial charge < -0.3 is 9.30 Å². The Morgan fingerprint density at radius 1 is 0.946 bits per heavy atom. The smallest absolute Gasteiger partial charge is 0.250 e. The molecule has 0 saturated carbocycles. The van der Waals surface area contributed by atoms with Crippen molar-refractivity contribution in [2.45, 2.75) is 11.7 Å². The van der Waals surface area contributed by atoms with Crippen LogP contribution in [-0.2, 0) is 11.3 Å². The van der Waals surface area contributed by atoms with Crippen LogP contribution in [0.1, 0.15) is 11.1 Å². The molecule has 1 N–H and O–H groups in total. The van der Waals surface area contributed by atoms with Crippen LogP contribution in [0, 0.1) is 0 Å². The van der Waals surface area contributed by atoms with Crippen LogP contribution in [0.2, 0.25) is 5.02 Å². The van der Waals surface area contributed by atoms with E-state index in [0.717, 1.165) is 33.1 Å². The Bertz CT molecular complexity index is 1540. The monoisotopic (exact) mass is 526 g/mol. The van der Waals surface area contributed by atoms with Gasteiger partial charge in [0.25, 0.3) is 5.91 Å². The van der Waals surface area contributed by atoms with E-state index in [9.17, 15) is 4.79 Å². The number of fused-ring (bicyclic) bond motifs is 1. The first-order valence-corrected chi connectivity index (χ1v) is 13.0. The number of thioether (sulfide) groups is 1. The fourth-order valence-electron chi connectivity index (χ4n) is 3.71. The van der Waals surface area contributed by atoms with E-state index in [0.29, 0.717) is 17.3 Å². The van der Waals surface area contributed by atoms with Crippen LogP contribution in [0.4, 0.5) is 0 Å². The summed E-state index contributed by atoms with van der Waals surface area (Å²) in [5.41, 5.74) is 6.40. The van der Waals surface area contributed by atoms with Gasteiger partial charge in [-0.3, -0.25) is 4.79 Å². The highest BCUT2D eigenvalue weighted by atomic mass is 35.5. The number of rotatable bonds is 9. The zero-order valence-electron chi connectivity index (χ0n) is 19.8. The molecule has 1 amide bonds. The molecule has 0 fully saturated rings. The van der Waals surface area contributed by atoms with Crippen LogP contribution in [0.5, 0.6) is 11.5 Å². The van der Waals surface area contributed by atoms with Gasteiger partial charge in [-0.1, -0.05) is 78.0 Å². The number of hydrogen-bond acceptors (Lipinski definition) is 5. The minimum absolute atomic E-state index is 0.179. The average Bonchev–Trinajstić information content (AvgIpc) is 3.27. The third kappa shape index (κ3) is 6.58. The van der Waals surface area contributed by atoms with Crippen LogP contribution >= 0.6 is 23.4 Å². The number of nitrogens with zero attached hydrogens (tertiary/aromatic N) is 3. The quantitative estimate of drug-likeness (QED) is 0.131. The minimum Gasteiger partial charge on any atom is -0.457 e. The zero-order valence-corrected chi connectivity index (χ0v) is 21.3. The minimum atomic E-state index is -0.219. The molecule has 5 aromatic rings. The fraction of sp³-hybridized carbons (Fsp3) is 0.0690. The van der Waals surface area contributed by atoms with Crippen LogP contribution in [0.3, 0.4) is 0 Å². The molecule has 184 valence electrons. The van der Waals surface area contributed by atoms with E-state index in [2.05, 4.69) is 15.1 Å². The SMILES string of the molecule is O=C(CSc1nc2ccccc2n1Cc1ccc(Cl)cc1)N/N=C\c1cccc(Oc2ccccc2)c1. The number of aromatic nitrogens is 2. The summed E-state index contributed by atoms with van der Waals surface area (Å²) in [6, 6.07) is 32.7. The van der Waals surface area contributed by atoms with Gasteiger partial charge >= 0.3 is 0 Å². The first-order valence-electron chi connectivity index (χ1n) is 11.6. The van der Waals surface area contributed by atoms with E-state index >= 15 is 0 Å². The van der Waals surface area contributed by atoms with Gasteiger partial charge in [0.1, 0.15) is 11.5 Å². The molecule has 0 aliphatic carbocycles. The summed E-state index contributed by atoms with van der Waals surface area (Å²) in [7, 11) is 0. The number of nitrogens with one attached hydrogen (secondary N) is 1. The third-order valence-electron chi connectivity index (χ3n) is 5.45. The number of imidazole rings is 1. The van der Waals surface area contributed by atoms with Crippen molar-refractivity contribution in [1.82, 2.24) is 15.0 Å². The Labute approximate surface area is 223 Å². The Hall–Kier alpha value is -4.07. The van der Waals surface area contributed by atoms with Gasteiger partial charge in [-0.25, -0.2) is 10.4 Å². The van der Waals surface area contributed by atoms with Gasteiger partial charge in [0.15, 0.2) is 5.16 Å². The van der Waals surface area contributed by atoms with Crippen molar-refractivity contribution < 1.29 is 9.53 Å². The highest BCUT2D eigenvalue weighted by Crippen LogP contribution is 2.26. The number of amides is 1. The molecular weight excluding hydrogens is 504 g/mol. The summed E-state index contributed by atoms with van der Waals surface area (Å²) in [6.07, 6.45) is 1.59. The molecule has 0 saturated heterocycles. The lowest BCUT2D eigenvalue weighted by molar-refractivity contribution is -0.118. The van der Waals surface area contributed by atoms with Crippen LogP contribution in [0.15, 0.2) is 113 Å². The lowest BCUT2D eigenvalue weighted by Gasteiger charge is -2.09. The van der Waals surface area contributed by atoms with Gasteiger partial charge in [0, 0.05) is 5.02 Å². The number of para-hydroxylation sites is 3. The molecule has 0 aliphatic rings. The van der Waals surface area contributed by atoms with Crippen molar-refractivity contribution in [3.63, 3.8) is 0 Å². The van der Waals surface area contributed by atoms with E-state index in [1.165, 1.54) is 11.8 Å². The molecule has 0 spiro atoms. The van der Waals surface area contributed by atoms with Crippen molar-refractivity contribution in [1.29, 1.82) is 0 Å². The van der Waals surface area contributed by atoms with Gasteiger partial charge in [-0.05, 0) is 59.7 Å². The lowest BCUT2D eigenvalue weighted by Crippen LogP contribution is -2.20. The number of carbonyl (C=O) groups excluding carboxylic acids is 1. The lowest BCUT2D eigenvalue weighted by atomic mass is 10.2. The normalized spacial score (nSPS) is 11.2. The maximum Gasteiger partial charge on any atom is 0.250 e. The Morgan fingerprint density at radius 3 is 2.54 bits per heavy atom. The molecule has 1 aromatic heterocycles. The molecule has 4 aromatic carbocycles. The third-order valence-corrected chi connectivity index (χ3v) is 6.67. The second-order valence-corrected chi connectivity index (χ2v) is 9.54. The molecule has 0 atom stereocenters. The molecule has 37 heavy (non-hydrogen) atoms. The van der Waals surface area contributed by atoms with Crippen molar-refractivity contribution in [2.75, 3.05) is 5.75 Å². The molecule has 8 heteroatoms. The number of ether oxygens (including phenoxy) is 1. The van der Waals surface area contributed by atoms with Crippen LogP contribution < -0.4 is 10.2 Å². The van der Waals surface area contributed by atoms with E-state index in [4.69, 9.17) is 21.3 Å². The molecule has 1 heterocycles. The Balaban J connectivity index is 1.21. The van der Waals surface area contributed by atoms with Crippen molar-refractivity contribution in [3.05, 3.63) is 119 Å². The van der Waals surface area contributed by atoms with Gasteiger partial charge in [-0.15, -0.1) is 0 Å². The zero-order chi connectivity index (χ0) is 25.5. The molecule has 5 rings (SSSR count). The van der Waals surface area contributed by atoms with E-state index in [1.807, 2.05) is 103 Å². The van der Waals surface area contributed by atoms with Crippen LogP contribution in [-0.4, -0.2) is 27.4 Å². The van der Waals surface area contributed by atoms with Crippen molar-refractivity contribution >= 4 is 46.5 Å². The first kappa shape index (κ1) is 24.6. The summed E-state index contributed by atoms with van der Waals surface area (Å²) >= 11 is 7.41. The van der Waals surface area contributed by atoms with Crippen molar-refractivity contribution in [3.8, 4) is 11.5 Å². The largest absolute Gasteiger partial charge is 0.457 e. The van der Waals surface area contributed by atoms with Gasteiger partial charge in [0.05, 0.1) is 29.5 Å². The standard InChI is InChI=1S/C29H23ClN4O2S/c30-23-15-13-21(14-16-23)19-34-27-12-5-4-11-26(27)32-29(34)37-20-28(35)33-31-18-22-7-6-10-25(17-22)36-24-8-2-1-3-9-24/h1-18H,19-20H2,(H,33,35)/b31-18-. The molecule has 6 nitrogen and oxygen atoms in total. The van der Waals surface area contributed by atoms with E-state index in [1.54, 1.807) is 6.21 Å². The number of carbonyl (C=O) groups is 1. The molecular formula is C29H23ClN4O2S.